The van der Waals surface area contributed by atoms with E-state index >= 15 is 0 Å². The molecule has 0 amide bonds. The monoisotopic (exact) mass is 442 g/mol. The van der Waals surface area contributed by atoms with E-state index in [0.29, 0.717) is 11.8 Å². The van der Waals surface area contributed by atoms with Gasteiger partial charge in [0.05, 0.1) is 6.10 Å². The van der Waals surface area contributed by atoms with Crippen LogP contribution in [-0.2, 0) is 11.8 Å². The smallest absolute Gasteiger partial charge is 0.262 e. The highest BCUT2D eigenvalue weighted by molar-refractivity contribution is 6.80. The minimum atomic E-state index is -2.17. The van der Waals surface area contributed by atoms with Crippen LogP contribution in [0.5, 0.6) is 5.75 Å². The van der Waals surface area contributed by atoms with E-state index in [0.717, 1.165) is 43.0 Å². The fourth-order valence-electron chi connectivity index (χ4n) is 6.82. The molecule has 3 atom stereocenters. The van der Waals surface area contributed by atoms with E-state index in [9.17, 15) is 5.11 Å². The zero-order chi connectivity index (χ0) is 23.4. The Morgan fingerprint density at radius 1 is 1.13 bits per heavy atom. The number of aliphatic hydroxyl groups excluding tert-OH is 1. The Bertz CT molecular complexity index is 812. The van der Waals surface area contributed by atoms with Gasteiger partial charge in [-0.25, -0.2) is 0 Å². The first-order chi connectivity index (χ1) is 14.1. The van der Waals surface area contributed by atoms with Crippen molar-refractivity contribution in [2.24, 2.45) is 11.8 Å². The number of aryl methyl sites for hydroxylation is 1. The maximum Gasteiger partial charge on any atom is 0.262 e. The van der Waals surface area contributed by atoms with Gasteiger partial charge in [0.1, 0.15) is 5.75 Å². The number of fused-ring (bicyclic) bond motifs is 3. The number of hydrogen-bond acceptors (Lipinski definition) is 2. The molecule has 0 radical (unpaired) electrons. The van der Waals surface area contributed by atoms with Crippen molar-refractivity contribution in [3.8, 4) is 5.75 Å². The highest BCUT2D eigenvalue weighted by Crippen LogP contribution is 2.56. The molecule has 0 bridgehead atoms. The van der Waals surface area contributed by atoms with E-state index in [2.05, 4.69) is 87.1 Å². The van der Waals surface area contributed by atoms with Crippen LogP contribution in [0, 0.1) is 11.8 Å². The second kappa shape index (κ2) is 8.06. The van der Waals surface area contributed by atoms with Crippen LogP contribution < -0.4 is 4.43 Å². The van der Waals surface area contributed by atoms with E-state index in [-0.39, 0.29) is 21.6 Å². The Morgan fingerprint density at radius 3 is 2.29 bits per heavy atom. The lowest BCUT2D eigenvalue weighted by Gasteiger charge is -2.52. The number of benzene rings is 1. The maximum atomic E-state index is 10.4. The van der Waals surface area contributed by atoms with Gasteiger partial charge in [0.2, 0.25) is 0 Å². The molecule has 174 valence electrons. The van der Waals surface area contributed by atoms with E-state index in [1.807, 2.05) is 0 Å². The third kappa shape index (κ3) is 4.17. The first-order valence-electron chi connectivity index (χ1n) is 12.3. The molecule has 3 heteroatoms. The normalized spacial score (nSPS) is 27.1. The molecular formula is C28H46O2Si. The van der Waals surface area contributed by atoms with Crippen LogP contribution in [0.25, 0.3) is 0 Å². The average Bonchev–Trinajstić information content (AvgIpc) is 2.62. The van der Waals surface area contributed by atoms with Gasteiger partial charge in [0.15, 0.2) is 0 Å². The van der Waals surface area contributed by atoms with Gasteiger partial charge in [0.25, 0.3) is 8.32 Å². The van der Waals surface area contributed by atoms with Gasteiger partial charge < -0.3 is 9.53 Å². The molecule has 1 aromatic carbocycles. The minimum absolute atomic E-state index is 0.0862. The summed E-state index contributed by atoms with van der Waals surface area (Å²) in [5.74, 6) is 2.06. The summed E-state index contributed by atoms with van der Waals surface area (Å²) in [7, 11) is -2.17. The summed E-state index contributed by atoms with van der Waals surface area (Å²) >= 11 is 0. The molecule has 3 rings (SSSR count). The Labute approximate surface area is 192 Å². The van der Waals surface area contributed by atoms with Crippen molar-refractivity contribution in [2.45, 2.75) is 116 Å². The summed E-state index contributed by atoms with van der Waals surface area (Å²) in [6, 6.07) is 8.08. The maximum absolute atomic E-state index is 10.4. The Morgan fingerprint density at radius 2 is 1.74 bits per heavy atom. The summed E-state index contributed by atoms with van der Waals surface area (Å²) in [5.41, 5.74) is 4.02. The molecule has 0 aliphatic heterocycles. The topological polar surface area (TPSA) is 29.5 Å². The molecule has 0 saturated heterocycles. The largest absolute Gasteiger partial charge is 0.542 e. The van der Waals surface area contributed by atoms with Crippen molar-refractivity contribution in [3.63, 3.8) is 0 Å². The van der Waals surface area contributed by atoms with Gasteiger partial charge in [-0.2, -0.15) is 0 Å². The lowest BCUT2D eigenvalue weighted by Crippen LogP contribution is -2.58. The standard InChI is InChI=1S/C28H46O2Si/c1-19(2)18-31(26(4,5)6,27(7,8)9)30-22-12-14-24-21(17-22)11-13-23-20(3)25(29)15-16-28(23,24)10/h12,14,17,19,23,25,29H,3,11,13,15-16,18H2,1-2,4-10H3/t23-,25+,28-/m0/s1. The Balaban J connectivity index is 2.01. The highest BCUT2D eigenvalue weighted by Gasteiger charge is 2.57. The summed E-state index contributed by atoms with van der Waals surface area (Å²) in [4.78, 5) is 0. The van der Waals surface area contributed by atoms with Gasteiger partial charge in [-0.1, -0.05) is 75.0 Å². The van der Waals surface area contributed by atoms with Crippen LogP contribution in [0.2, 0.25) is 16.1 Å². The van der Waals surface area contributed by atoms with Crippen molar-refractivity contribution in [1.82, 2.24) is 0 Å². The number of aliphatic hydroxyl groups is 1. The summed E-state index contributed by atoms with van der Waals surface area (Å²) < 4.78 is 7.20. The van der Waals surface area contributed by atoms with E-state index < -0.39 is 8.32 Å². The molecule has 1 aromatic rings. The molecule has 1 fully saturated rings. The molecule has 1 saturated carbocycles. The van der Waals surface area contributed by atoms with Gasteiger partial charge >= 0.3 is 0 Å². The van der Waals surface area contributed by atoms with E-state index in [4.69, 9.17) is 4.43 Å². The molecule has 1 N–H and O–H groups in total. The highest BCUT2D eigenvalue weighted by atomic mass is 28.4. The van der Waals surface area contributed by atoms with Gasteiger partial charge in [-0.05, 0) is 87.9 Å². The zero-order valence-electron chi connectivity index (χ0n) is 21.6. The molecule has 2 aliphatic carbocycles. The summed E-state index contributed by atoms with van der Waals surface area (Å²) in [6.45, 7) is 25.6. The van der Waals surface area contributed by atoms with Crippen LogP contribution in [0.1, 0.15) is 92.7 Å². The first kappa shape index (κ1) is 24.6. The molecular weight excluding hydrogens is 396 g/mol. The second-order valence-electron chi connectivity index (χ2n) is 13.0. The zero-order valence-corrected chi connectivity index (χ0v) is 22.6. The van der Waals surface area contributed by atoms with Crippen LogP contribution in [0.4, 0.5) is 0 Å². The molecule has 0 unspecified atom stereocenters. The quantitative estimate of drug-likeness (QED) is 0.381. The third-order valence-electron chi connectivity index (χ3n) is 8.39. The van der Waals surface area contributed by atoms with Gasteiger partial charge in [-0.15, -0.1) is 0 Å². The first-order valence-corrected chi connectivity index (χ1v) is 14.4. The van der Waals surface area contributed by atoms with Crippen molar-refractivity contribution in [2.75, 3.05) is 0 Å². The van der Waals surface area contributed by atoms with Gasteiger partial charge in [-0.3, -0.25) is 0 Å². The van der Waals surface area contributed by atoms with Crippen molar-refractivity contribution in [3.05, 3.63) is 41.5 Å². The molecule has 2 aliphatic rings. The number of rotatable bonds is 4. The lowest BCUT2D eigenvalue weighted by molar-refractivity contribution is 0.109. The average molecular weight is 443 g/mol. The molecule has 0 spiro atoms. The van der Waals surface area contributed by atoms with Crippen molar-refractivity contribution >= 4 is 8.32 Å². The minimum Gasteiger partial charge on any atom is -0.542 e. The Hall–Kier alpha value is -1.06. The van der Waals surface area contributed by atoms with Crippen molar-refractivity contribution in [1.29, 1.82) is 0 Å². The van der Waals surface area contributed by atoms with Crippen molar-refractivity contribution < 1.29 is 9.53 Å². The third-order valence-corrected chi connectivity index (χ3v) is 15.2. The molecule has 2 nitrogen and oxygen atoms in total. The molecule has 0 aromatic heterocycles. The second-order valence-corrected chi connectivity index (χ2v) is 18.3. The predicted molar refractivity (Wildman–Crippen MR) is 135 cm³/mol. The van der Waals surface area contributed by atoms with E-state index in [1.165, 1.54) is 11.1 Å². The fourth-order valence-corrected chi connectivity index (χ4v) is 12.7. The lowest BCUT2D eigenvalue weighted by atomic mass is 9.56. The summed E-state index contributed by atoms with van der Waals surface area (Å²) in [5, 5.41) is 10.6. The number of hydrogen-bond donors (Lipinski definition) is 1. The predicted octanol–water partition coefficient (Wildman–Crippen LogP) is 7.80. The molecule has 0 heterocycles. The fraction of sp³-hybridized carbons (Fsp3) is 0.714. The van der Waals surface area contributed by atoms with E-state index in [1.54, 1.807) is 0 Å². The summed E-state index contributed by atoms with van der Waals surface area (Å²) in [6.07, 6.45) is 3.64. The SMILES string of the molecule is C=C1[C@H](O)CC[C@]2(C)c3ccc(O[Si](CC(C)C)(C(C)(C)C)C(C)(C)C)cc3CC[C@@H]12. The van der Waals surface area contributed by atoms with Crippen LogP contribution in [0.15, 0.2) is 30.4 Å². The molecule has 31 heavy (non-hydrogen) atoms. The van der Waals surface area contributed by atoms with Crippen LogP contribution in [-0.4, -0.2) is 19.5 Å². The van der Waals surface area contributed by atoms with Crippen LogP contribution in [0.3, 0.4) is 0 Å². The Kier molecular flexibility index (Phi) is 6.39. The van der Waals surface area contributed by atoms with Gasteiger partial charge in [0, 0.05) is 0 Å². The van der Waals surface area contributed by atoms with Crippen LogP contribution >= 0.6 is 0 Å².